The number of hydrogen-bond donors (Lipinski definition) is 1. The Kier molecular flexibility index (Phi) is 6.31. The van der Waals surface area contributed by atoms with E-state index in [2.05, 4.69) is 10.3 Å². The molecule has 1 aliphatic heterocycles. The number of nitrogens with zero attached hydrogens (tertiary/aromatic N) is 2. The Morgan fingerprint density at radius 2 is 1.90 bits per heavy atom. The van der Waals surface area contributed by atoms with Crippen molar-refractivity contribution in [3.8, 4) is 22.4 Å². The Bertz CT molecular complexity index is 1060. The fourth-order valence-corrected chi connectivity index (χ4v) is 4.47. The van der Waals surface area contributed by atoms with Gasteiger partial charge in [0, 0.05) is 25.9 Å². The minimum Gasteiger partial charge on any atom is -0.497 e. The summed E-state index contributed by atoms with van der Waals surface area (Å²) in [5.74, 6) is 1.87. The van der Waals surface area contributed by atoms with Gasteiger partial charge in [0.15, 0.2) is 11.5 Å². The molecule has 9 heteroatoms. The summed E-state index contributed by atoms with van der Waals surface area (Å²) in [7, 11) is 4.76. The molecule has 1 aromatic heterocycles. The first-order chi connectivity index (χ1) is 15.1. The van der Waals surface area contributed by atoms with Gasteiger partial charge < -0.3 is 29.2 Å². The molecule has 1 saturated heterocycles. The van der Waals surface area contributed by atoms with Crippen LogP contribution in [0.5, 0.6) is 22.4 Å². The number of carbonyl (C=O) groups is 1. The number of carbonyl (C=O) groups excluding carboxylic acids is 1. The van der Waals surface area contributed by atoms with Crippen LogP contribution in [0.1, 0.15) is 12.8 Å². The Balaban J connectivity index is 1.34. The van der Waals surface area contributed by atoms with Crippen molar-refractivity contribution in [2.75, 3.05) is 39.7 Å². The van der Waals surface area contributed by atoms with E-state index in [0.29, 0.717) is 35.5 Å². The molecule has 8 nitrogen and oxygen atoms in total. The first-order valence-electron chi connectivity index (χ1n) is 9.99. The van der Waals surface area contributed by atoms with E-state index < -0.39 is 0 Å². The molecule has 2 amide bonds. The highest BCUT2D eigenvalue weighted by Crippen LogP contribution is 2.35. The molecule has 31 heavy (non-hydrogen) atoms. The summed E-state index contributed by atoms with van der Waals surface area (Å²) in [6.45, 7) is 1.20. The van der Waals surface area contributed by atoms with E-state index >= 15 is 0 Å². The lowest BCUT2D eigenvalue weighted by atomic mass is 10.1. The summed E-state index contributed by atoms with van der Waals surface area (Å²) < 4.78 is 23.1. The maximum absolute atomic E-state index is 12.7. The highest BCUT2D eigenvalue weighted by atomic mass is 32.1. The maximum Gasteiger partial charge on any atom is 0.321 e. The zero-order chi connectivity index (χ0) is 21.8. The summed E-state index contributed by atoms with van der Waals surface area (Å²) in [4.78, 5) is 19.1. The molecule has 164 valence electrons. The molecule has 1 fully saturated rings. The number of rotatable bonds is 6. The number of likely N-dealkylation sites (tertiary alicyclic amines) is 1. The number of aromatic nitrogens is 1. The van der Waals surface area contributed by atoms with Crippen molar-refractivity contribution in [2.45, 2.75) is 18.9 Å². The van der Waals surface area contributed by atoms with Gasteiger partial charge >= 0.3 is 6.03 Å². The number of fused-ring (bicyclic) bond motifs is 1. The molecule has 3 aromatic rings. The molecule has 0 saturated carbocycles. The molecule has 0 unspecified atom stereocenters. The van der Waals surface area contributed by atoms with Gasteiger partial charge in [0.25, 0.3) is 5.19 Å². The summed E-state index contributed by atoms with van der Waals surface area (Å²) in [6.07, 6.45) is 1.50. The molecule has 1 aliphatic rings. The number of urea groups is 1. The standard InChI is InChI=1S/C22H25N3O5S/c1-27-15-7-8-16-19(13-15)31-22(24-16)30-14-9-11-25(12-10-14)21(26)23-17-5-4-6-18(28-2)20(17)29-3/h4-8,13-14H,9-12H2,1-3H3,(H,23,26). The quantitative estimate of drug-likeness (QED) is 0.608. The van der Waals surface area contributed by atoms with E-state index in [-0.39, 0.29) is 12.1 Å². The number of ether oxygens (including phenoxy) is 4. The van der Waals surface area contributed by atoms with Crippen LogP contribution in [-0.2, 0) is 0 Å². The normalized spacial score (nSPS) is 14.4. The van der Waals surface area contributed by atoms with Crippen molar-refractivity contribution in [1.29, 1.82) is 0 Å². The first kappa shape index (κ1) is 21.0. The summed E-state index contributed by atoms with van der Waals surface area (Å²) in [6, 6.07) is 11.0. The van der Waals surface area contributed by atoms with Crippen LogP contribution < -0.4 is 24.3 Å². The molecule has 0 aliphatic carbocycles. The molecule has 1 N–H and O–H groups in total. The van der Waals surface area contributed by atoms with Gasteiger partial charge in [-0.25, -0.2) is 9.78 Å². The van der Waals surface area contributed by atoms with Crippen LogP contribution in [0.4, 0.5) is 10.5 Å². The van der Waals surface area contributed by atoms with Gasteiger partial charge in [-0.05, 0) is 30.3 Å². The minimum absolute atomic E-state index is 0.0258. The van der Waals surface area contributed by atoms with Crippen LogP contribution in [0.2, 0.25) is 0 Å². The van der Waals surface area contributed by atoms with Crippen LogP contribution in [0.25, 0.3) is 10.2 Å². The first-order valence-corrected chi connectivity index (χ1v) is 10.8. The van der Waals surface area contributed by atoms with Crippen LogP contribution in [0.15, 0.2) is 36.4 Å². The van der Waals surface area contributed by atoms with Gasteiger partial charge in [0.05, 0.1) is 37.2 Å². The summed E-state index contributed by atoms with van der Waals surface area (Å²) >= 11 is 1.50. The van der Waals surface area contributed by atoms with Crippen molar-refractivity contribution in [3.05, 3.63) is 36.4 Å². The SMILES string of the molecule is COc1ccc2nc(OC3CCN(C(=O)Nc4cccc(OC)c4OC)CC3)sc2c1. The molecular weight excluding hydrogens is 418 g/mol. The monoisotopic (exact) mass is 443 g/mol. The lowest BCUT2D eigenvalue weighted by Crippen LogP contribution is -2.43. The van der Waals surface area contributed by atoms with Crippen LogP contribution in [0, 0.1) is 0 Å². The number of hydrogen-bond acceptors (Lipinski definition) is 7. The zero-order valence-electron chi connectivity index (χ0n) is 17.7. The molecular formula is C22H25N3O5S. The number of piperidine rings is 1. The van der Waals surface area contributed by atoms with Crippen molar-refractivity contribution < 1.29 is 23.7 Å². The predicted molar refractivity (Wildman–Crippen MR) is 120 cm³/mol. The molecule has 0 radical (unpaired) electrons. The Morgan fingerprint density at radius 1 is 1.10 bits per heavy atom. The van der Waals surface area contributed by atoms with Crippen molar-refractivity contribution >= 4 is 33.3 Å². The van der Waals surface area contributed by atoms with Crippen LogP contribution in [-0.4, -0.2) is 56.4 Å². The van der Waals surface area contributed by atoms with Crippen LogP contribution >= 0.6 is 11.3 Å². The molecule has 0 atom stereocenters. The average Bonchev–Trinajstić information content (AvgIpc) is 3.20. The summed E-state index contributed by atoms with van der Waals surface area (Å²) in [5.41, 5.74) is 1.47. The lowest BCUT2D eigenvalue weighted by molar-refractivity contribution is 0.115. The fraction of sp³-hybridized carbons (Fsp3) is 0.364. The van der Waals surface area contributed by atoms with Gasteiger partial charge in [-0.2, -0.15) is 0 Å². The zero-order valence-corrected chi connectivity index (χ0v) is 18.5. The number of anilines is 1. The number of para-hydroxylation sites is 1. The van der Waals surface area contributed by atoms with Gasteiger partial charge in [-0.1, -0.05) is 17.4 Å². The van der Waals surface area contributed by atoms with E-state index in [1.807, 2.05) is 24.3 Å². The molecule has 4 rings (SSSR count). The minimum atomic E-state index is -0.169. The number of thiazole rings is 1. The predicted octanol–water partition coefficient (Wildman–Crippen LogP) is 4.40. The van der Waals surface area contributed by atoms with E-state index in [0.717, 1.165) is 28.8 Å². The topological polar surface area (TPSA) is 82.2 Å². The number of benzene rings is 2. The lowest BCUT2D eigenvalue weighted by Gasteiger charge is -2.31. The highest BCUT2D eigenvalue weighted by molar-refractivity contribution is 7.20. The fourth-order valence-electron chi connectivity index (χ4n) is 3.56. The third-order valence-electron chi connectivity index (χ3n) is 5.22. The molecule has 0 bridgehead atoms. The third-order valence-corrected chi connectivity index (χ3v) is 6.13. The van der Waals surface area contributed by atoms with Crippen molar-refractivity contribution in [3.63, 3.8) is 0 Å². The van der Waals surface area contributed by atoms with Crippen LogP contribution in [0.3, 0.4) is 0 Å². The van der Waals surface area contributed by atoms with E-state index in [1.165, 1.54) is 11.3 Å². The largest absolute Gasteiger partial charge is 0.497 e. The maximum atomic E-state index is 12.7. The average molecular weight is 444 g/mol. The van der Waals surface area contributed by atoms with Gasteiger partial charge in [0.1, 0.15) is 11.9 Å². The van der Waals surface area contributed by atoms with E-state index in [4.69, 9.17) is 18.9 Å². The Labute approximate surface area is 184 Å². The van der Waals surface area contributed by atoms with Gasteiger partial charge in [-0.15, -0.1) is 0 Å². The second-order valence-corrected chi connectivity index (χ2v) is 8.08. The van der Waals surface area contributed by atoms with Gasteiger partial charge in [0.2, 0.25) is 0 Å². The molecule has 0 spiro atoms. The molecule has 2 heterocycles. The van der Waals surface area contributed by atoms with Gasteiger partial charge in [-0.3, -0.25) is 0 Å². The number of methoxy groups -OCH3 is 3. The molecule has 2 aromatic carbocycles. The third kappa shape index (κ3) is 4.61. The second-order valence-electron chi connectivity index (χ2n) is 7.09. The van der Waals surface area contributed by atoms with E-state index in [1.54, 1.807) is 38.4 Å². The van der Waals surface area contributed by atoms with Crippen molar-refractivity contribution in [1.82, 2.24) is 9.88 Å². The van der Waals surface area contributed by atoms with Crippen molar-refractivity contribution in [2.24, 2.45) is 0 Å². The Hall–Kier alpha value is -3.20. The summed E-state index contributed by atoms with van der Waals surface area (Å²) in [5, 5.41) is 3.56. The Morgan fingerprint density at radius 3 is 2.61 bits per heavy atom. The second kappa shape index (κ2) is 9.30. The van der Waals surface area contributed by atoms with E-state index in [9.17, 15) is 4.79 Å². The number of amides is 2. The highest BCUT2D eigenvalue weighted by Gasteiger charge is 2.25. The number of nitrogens with one attached hydrogen (secondary N) is 1. The smallest absolute Gasteiger partial charge is 0.321 e.